The number of benzene rings is 1. The summed E-state index contributed by atoms with van der Waals surface area (Å²) in [5.74, 6) is -0.0919. The van der Waals surface area contributed by atoms with E-state index in [9.17, 15) is 9.70 Å². The Bertz CT molecular complexity index is 401. The van der Waals surface area contributed by atoms with Gasteiger partial charge in [0.25, 0.3) is 0 Å². The van der Waals surface area contributed by atoms with E-state index in [-0.39, 0.29) is 11.3 Å². The molecular weight excluding hydrogens is 198 g/mol. The zero-order valence-corrected chi connectivity index (χ0v) is 8.73. The van der Waals surface area contributed by atoms with Crippen molar-refractivity contribution in [2.24, 2.45) is 5.18 Å². The first-order valence-electron chi connectivity index (χ1n) is 4.24. The SMILES string of the molecule is COC(=O)c1cc(N=O)c(C)c(OC)c1. The van der Waals surface area contributed by atoms with Crippen LogP contribution in [0.3, 0.4) is 0 Å². The van der Waals surface area contributed by atoms with Gasteiger partial charge < -0.3 is 9.47 Å². The van der Waals surface area contributed by atoms with Gasteiger partial charge in [0.05, 0.1) is 19.8 Å². The molecule has 0 spiro atoms. The van der Waals surface area contributed by atoms with E-state index in [2.05, 4.69) is 9.91 Å². The molecule has 0 radical (unpaired) electrons. The quantitative estimate of drug-likeness (QED) is 0.565. The van der Waals surface area contributed by atoms with Crippen molar-refractivity contribution in [1.82, 2.24) is 0 Å². The van der Waals surface area contributed by atoms with Gasteiger partial charge >= 0.3 is 5.97 Å². The van der Waals surface area contributed by atoms with E-state index in [1.807, 2.05) is 0 Å². The molecule has 1 aromatic carbocycles. The van der Waals surface area contributed by atoms with Gasteiger partial charge in [0, 0.05) is 5.56 Å². The molecule has 0 bridgehead atoms. The summed E-state index contributed by atoms with van der Waals surface area (Å²) in [5.41, 5.74) is 1.02. The number of rotatable bonds is 3. The number of carbonyl (C=O) groups is 1. The fourth-order valence-corrected chi connectivity index (χ4v) is 1.22. The van der Waals surface area contributed by atoms with Crippen LogP contribution in [0.2, 0.25) is 0 Å². The van der Waals surface area contributed by atoms with Crippen LogP contribution in [-0.2, 0) is 4.74 Å². The van der Waals surface area contributed by atoms with Gasteiger partial charge in [0.1, 0.15) is 11.4 Å². The Morgan fingerprint density at radius 1 is 1.33 bits per heavy atom. The molecule has 1 aromatic rings. The van der Waals surface area contributed by atoms with E-state index in [4.69, 9.17) is 4.74 Å². The van der Waals surface area contributed by atoms with Crippen molar-refractivity contribution in [3.8, 4) is 5.75 Å². The van der Waals surface area contributed by atoms with Gasteiger partial charge in [0.15, 0.2) is 0 Å². The van der Waals surface area contributed by atoms with Gasteiger partial charge in [-0.05, 0) is 24.2 Å². The number of carbonyl (C=O) groups excluding carboxylic acids is 1. The summed E-state index contributed by atoms with van der Waals surface area (Å²) in [4.78, 5) is 21.7. The van der Waals surface area contributed by atoms with Crippen molar-refractivity contribution in [2.75, 3.05) is 14.2 Å². The number of nitrogens with zero attached hydrogens (tertiary/aromatic N) is 1. The molecule has 0 amide bonds. The highest BCUT2D eigenvalue weighted by Gasteiger charge is 2.13. The molecule has 15 heavy (non-hydrogen) atoms. The maximum Gasteiger partial charge on any atom is 0.338 e. The summed E-state index contributed by atoms with van der Waals surface area (Å²) >= 11 is 0. The lowest BCUT2D eigenvalue weighted by Gasteiger charge is -2.08. The maximum atomic E-state index is 11.2. The molecular formula is C10H11NO4. The first-order chi connectivity index (χ1) is 7.13. The van der Waals surface area contributed by atoms with Gasteiger partial charge in [-0.2, -0.15) is 0 Å². The average molecular weight is 209 g/mol. The van der Waals surface area contributed by atoms with Crippen LogP contribution in [0.4, 0.5) is 5.69 Å². The highest BCUT2D eigenvalue weighted by molar-refractivity contribution is 5.91. The summed E-state index contributed by atoms with van der Waals surface area (Å²) in [7, 11) is 2.72. The molecule has 0 fully saturated rings. The third kappa shape index (κ3) is 2.12. The number of hydrogen-bond donors (Lipinski definition) is 0. The average Bonchev–Trinajstić information content (AvgIpc) is 2.28. The lowest BCUT2D eigenvalue weighted by Crippen LogP contribution is -2.02. The van der Waals surface area contributed by atoms with E-state index >= 15 is 0 Å². The van der Waals surface area contributed by atoms with Crippen LogP contribution in [0.15, 0.2) is 17.3 Å². The van der Waals surface area contributed by atoms with Gasteiger partial charge in [-0.3, -0.25) is 0 Å². The number of hydrogen-bond acceptors (Lipinski definition) is 5. The van der Waals surface area contributed by atoms with Crippen molar-refractivity contribution in [3.05, 3.63) is 28.2 Å². The minimum absolute atomic E-state index is 0.176. The van der Waals surface area contributed by atoms with E-state index in [1.165, 1.54) is 26.4 Å². The second-order valence-electron chi connectivity index (χ2n) is 2.91. The highest BCUT2D eigenvalue weighted by atomic mass is 16.5. The fourth-order valence-electron chi connectivity index (χ4n) is 1.22. The zero-order chi connectivity index (χ0) is 11.4. The molecule has 0 saturated heterocycles. The fraction of sp³-hybridized carbons (Fsp3) is 0.300. The van der Waals surface area contributed by atoms with Gasteiger partial charge in [-0.1, -0.05) is 0 Å². The van der Waals surface area contributed by atoms with Crippen LogP contribution < -0.4 is 4.74 Å². The first-order valence-corrected chi connectivity index (χ1v) is 4.24. The second-order valence-corrected chi connectivity index (χ2v) is 2.91. The molecule has 0 saturated carbocycles. The summed E-state index contributed by atoms with van der Waals surface area (Å²) in [5, 5.41) is 2.82. The number of methoxy groups -OCH3 is 2. The Morgan fingerprint density at radius 3 is 2.47 bits per heavy atom. The van der Waals surface area contributed by atoms with Crippen LogP contribution in [0.5, 0.6) is 5.75 Å². The van der Waals surface area contributed by atoms with Crippen LogP contribution >= 0.6 is 0 Å². The molecule has 0 aromatic heterocycles. The zero-order valence-electron chi connectivity index (χ0n) is 8.73. The van der Waals surface area contributed by atoms with Gasteiger partial charge in [-0.25, -0.2) is 4.79 Å². The molecule has 0 aliphatic heterocycles. The summed E-state index contributed by atoms with van der Waals surface area (Å²) in [6.07, 6.45) is 0. The third-order valence-corrected chi connectivity index (χ3v) is 2.07. The van der Waals surface area contributed by atoms with Gasteiger partial charge in [-0.15, -0.1) is 4.91 Å². The Morgan fingerprint density at radius 2 is 2.00 bits per heavy atom. The Balaban J connectivity index is 3.32. The Labute approximate surface area is 87.0 Å². The third-order valence-electron chi connectivity index (χ3n) is 2.07. The molecule has 0 aliphatic rings. The maximum absolute atomic E-state index is 11.2. The predicted molar refractivity (Wildman–Crippen MR) is 54.5 cm³/mol. The second kappa shape index (κ2) is 4.54. The summed E-state index contributed by atoms with van der Waals surface area (Å²) in [6, 6.07) is 2.88. The van der Waals surface area contributed by atoms with Crippen molar-refractivity contribution in [3.63, 3.8) is 0 Å². The van der Waals surface area contributed by atoms with Crippen LogP contribution in [0.1, 0.15) is 15.9 Å². The lowest BCUT2D eigenvalue weighted by molar-refractivity contribution is 0.0600. The molecule has 80 valence electrons. The van der Waals surface area contributed by atoms with Crippen LogP contribution in [0, 0.1) is 11.8 Å². The Kier molecular flexibility index (Phi) is 3.38. The van der Waals surface area contributed by atoms with Crippen molar-refractivity contribution >= 4 is 11.7 Å². The van der Waals surface area contributed by atoms with Crippen LogP contribution in [-0.4, -0.2) is 20.2 Å². The van der Waals surface area contributed by atoms with Gasteiger partial charge in [0.2, 0.25) is 0 Å². The standard InChI is InChI=1S/C10H11NO4/c1-6-8(11-13)4-7(10(12)15-3)5-9(6)14-2/h4-5H,1-3H3. The number of nitroso groups, excluding NO2 is 1. The number of ether oxygens (including phenoxy) is 2. The molecule has 0 unspecified atom stereocenters. The van der Waals surface area contributed by atoms with E-state index in [0.717, 1.165) is 0 Å². The minimum atomic E-state index is -0.529. The van der Waals surface area contributed by atoms with Crippen LogP contribution in [0.25, 0.3) is 0 Å². The molecule has 0 aliphatic carbocycles. The smallest absolute Gasteiger partial charge is 0.338 e. The van der Waals surface area contributed by atoms with Crippen molar-refractivity contribution in [1.29, 1.82) is 0 Å². The summed E-state index contributed by atoms with van der Waals surface area (Å²) < 4.78 is 9.55. The topological polar surface area (TPSA) is 65.0 Å². The number of esters is 1. The largest absolute Gasteiger partial charge is 0.496 e. The lowest BCUT2D eigenvalue weighted by atomic mass is 10.1. The predicted octanol–water partition coefficient (Wildman–Crippen LogP) is 2.19. The normalized spacial score (nSPS) is 9.53. The van der Waals surface area contributed by atoms with E-state index in [1.54, 1.807) is 6.92 Å². The Hall–Kier alpha value is -1.91. The molecule has 5 nitrogen and oxygen atoms in total. The molecule has 0 atom stereocenters. The monoisotopic (exact) mass is 209 g/mol. The highest BCUT2D eigenvalue weighted by Crippen LogP contribution is 2.29. The molecule has 1 rings (SSSR count). The summed E-state index contributed by atoms with van der Waals surface area (Å²) in [6.45, 7) is 1.69. The molecule has 0 heterocycles. The van der Waals surface area contributed by atoms with E-state index in [0.29, 0.717) is 11.3 Å². The minimum Gasteiger partial charge on any atom is -0.496 e. The molecule has 5 heteroatoms. The van der Waals surface area contributed by atoms with E-state index < -0.39 is 5.97 Å². The molecule has 0 N–H and O–H groups in total. The van der Waals surface area contributed by atoms with Crippen molar-refractivity contribution in [2.45, 2.75) is 6.92 Å². The van der Waals surface area contributed by atoms with Crippen molar-refractivity contribution < 1.29 is 14.3 Å². The first kappa shape index (κ1) is 11.2.